The molecule has 0 fully saturated rings. The van der Waals surface area contributed by atoms with Crippen LogP contribution in [0.2, 0.25) is 0 Å². The van der Waals surface area contributed by atoms with Crippen molar-refractivity contribution in [2.24, 2.45) is 5.92 Å². The fourth-order valence-corrected chi connectivity index (χ4v) is 5.03. The Morgan fingerprint density at radius 3 is 2.58 bits per heavy atom. The van der Waals surface area contributed by atoms with Gasteiger partial charge in [0, 0.05) is 25.4 Å². The molecule has 9 heteroatoms. The molecule has 0 amide bonds. The van der Waals surface area contributed by atoms with Gasteiger partial charge in [-0.25, -0.2) is 18.1 Å². The van der Waals surface area contributed by atoms with E-state index in [1.54, 1.807) is 24.5 Å². The smallest absolute Gasteiger partial charge is 0.240 e. The van der Waals surface area contributed by atoms with Crippen molar-refractivity contribution in [3.05, 3.63) is 54.1 Å². The van der Waals surface area contributed by atoms with Crippen molar-refractivity contribution in [1.29, 1.82) is 0 Å². The Balaban J connectivity index is 1.63. The Morgan fingerprint density at radius 1 is 1.12 bits per heavy atom. The van der Waals surface area contributed by atoms with Gasteiger partial charge in [-0.05, 0) is 56.4 Å². The van der Waals surface area contributed by atoms with Crippen molar-refractivity contribution in [2.75, 3.05) is 20.0 Å². The molecule has 3 aromatic rings. The fourth-order valence-electron chi connectivity index (χ4n) is 3.80. The molecule has 2 heterocycles. The maximum atomic E-state index is 12.9. The number of aryl methyl sites for hydroxylation is 3. The molecule has 0 spiro atoms. The molecule has 0 aliphatic carbocycles. The fraction of sp³-hybridized carbons (Fsp3) is 0.500. The molecule has 3 rings (SSSR count). The van der Waals surface area contributed by atoms with Crippen LogP contribution in [-0.4, -0.2) is 49.0 Å². The number of ether oxygens (including phenoxy) is 2. The molecule has 180 valence electrons. The highest BCUT2D eigenvalue weighted by Gasteiger charge is 2.21. The van der Waals surface area contributed by atoms with Gasteiger partial charge in [-0.2, -0.15) is 0 Å². The van der Waals surface area contributed by atoms with Gasteiger partial charge in [-0.1, -0.05) is 26.0 Å². The Bertz CT molecular complexity index is 1130. The van der Waals surface area contributed by atoms with Crippen molar-refractivity contribution in [3.63, 3.8) is 0 Å². The lowest BCUT2D eigenvalue weighted by Crippen LogP contribution is -2.39. The molecule has 0 saturated heterocycles. The summed E-state index contributed by atoms with van der Waals surface area (Å²) >= 11 is 0. The summed E-state index contributed by atoms with van der Waals surface area (Å²) in [5.74, 6) is 1.26. The van der Waals surface area contributed by atoms with Crippen LogP contribution in [0.15, 0.2) is 47.6 Å². The van der Waals surface area contributed by atoms with Gasteiger partial charge in [0.05, 0.1) is 23.2 Å². The van der Waals surface area contributed by atoms with Crippen molar-refractivity contribution in [2.45, 2.75) is 58.0 Å². The van der Waals surface area contributed by atoms with Crippen LogP contribution in [-0.2, 0) is 32.5 Å². The highest BCUT2D eigenvalue weighted by molar-refractivity contribution is 7.89. The molecular weight excluding hydrogens is 440 g/mol. The number of aromatic nitrogens is 3. The summed E-state index contributed by atoms with van der Waals surface area (Å²) in [7, 11) is -3.65. The van der Waals surface area contributed by atoms with Crippen LogP contribution in [0, 0.1) is 12.8 Å². The Kier molecular flexibility index (Phi) is 8.96. The first-order valence-corrected chi connectivity index (χ1v) is 12.8. The molecule has 8 nitrogen and oxygen atoms in total. The first kappa shape index (κ1) is 25.3. The minimum atomic E-state index is -3.65. The van der Waals surface area contributed by atoms with Gasteiger partial charge >= 0.3 is 0 Å². The number of imidazole rings is 1. The van der Waals surface area contributed by atoms with Gasteiger partial charge in [-0.3, -0.25) is 4.98 Å². The molecule has 33 heavy (non-hydrogen) atoms. The van der Waals surface area contributed by atoms with Crippen molar-refractivity contribution in [1.82, 2.24) is 19.3 Å². The minimum absolute atomic E-state index is 0.156. The third-order valence-corrected chi connectivity index (χ3v) is 6.90. The molecule has 0 bridgehead atoms. The van der Waals surface area contributed by atoms with Crippen LogP contribution < -0.4 is 4.72 Å². The zero-order chi connectivity index (χ0) is 23.8. The molecule has 0 radical (unpaired) electrons. The molecule has 2 aromatic heterocycles. The zero-order valence-electron chi connectivity index (χ0n) is 19.8. The van der Waals surface area contributed by atoms with Gasteiger partial charge in [-0.15, -0.1) is 0 Å². The van der Waals surface area contributed by atoms with Crippen LogP contribution in [0.5, 0.6) is 0 Å². The van der Waals surface area contributed by atoms with Gasteiger partial charge < -0.3 is 14.0 Å². The molecular formula is C24H34N4O4S. The second kappa shape index (κ2) is 11.7. The van der Waals surface area contributed by atoms with E-state index in [1.165, 1.54) is 0 Å². The van der Waals surface area contributed by atoms with Gasteiger partial charge in [0.1, 0.15) is 18.1 Å². The maximum absolute atomic E-state index is 12.9. The number of benzene rings is 1. The van der Waals surface area contributed by atoms with Crippen LogP contribution in [0.25, 0.3) is 11.0 Å². The lowest BCUT2D eigenvalue weighted by Gasteiger charge is -2.20. The minimum Gasteiger partial charge on any atom is -0.356 e. The first-order chi connectivity index (χ1) is 15.8. The maximum Gasteiger partial charge on any atom is 0.240 e. The molecule has 0 saturated carbocycles. The highest BCUT2D eigenvalue weighted by atomic mass is 32.2. The van der Waals surface area contributed by atoms with Gasteiger partial charge in [0.25, 0.3) is 0 Å². The standard InChI is InChI=1S/C24H34N4O4S/c1-5-31-17-32-16-21(14-18(2)3)27-33(29,30)22-8-6-20(7-9-22)11-13-28-19(4)26-23-15-25-12-10-24(23)28/h6-10,12,15,18,21,27H,5,11,13-14,16-17H2,1-4H3/t21-/m0/s1. The average Bonchev–Trinajstić information content (AvgIpc) is 3.09. The van der Waals surface area contributed by atoms with Crippen LogP contribution in [0.1, 0.15) is 38.6 Å². The second-order valence-corrected chi connectivity index (χ2v) is 10.2. The Labute approximate surface area is 196 Å². The molecule has 1 atom stereocenters. The van der Waals surface area contributed by atoms with E-state index in [-0.39, 0.29) is 24.3 Å². The summed E-state index contributed by atoms with van der Waals surface area (Å²) in [4.78, 5) is 8.92. The quantitative estimate of drug-likeness (QED) is 0.300. The molecule has 0 aliphatic heterocycles. The molecule has 0 aliphatic rings. The predicted octanol–water partition coefficient (Wildman–Crippen LogP) is 3.69. The van der Waals surface area contributed by atoms with Crippen molar-refractivity contribution < 1.29 is 17.9 Å². The number of nitrogens with one attached hydrogen (secondary N) is 1. The van der Waals surface area contributed by atoms with Crippen LogP contribution in [0.3, 0.4) is 0 Å². The van der Waals surface area contributed by atoms with Gasteiger partial charge in [0.15, 0.2) is 0 Å². The number of sulfonamides is 1. The zero-order valence-corrected chi connectivity index (χ0v) is 20.6. The average molecular weight is 475 g/mol. The highest BCUT2D eigenvalue weighted by Crippen LogP contribution is 2.17. The topological polar surface area (TPSA) is 95.3 Å². The Morgan fingerprint density at radius 2 is 1.88 bits per heavy atom. The lowest BCUT2D eigenvalue weighted by molar-refractivity contribution is -0.0553. The van der Waals surface area contributed by atoms with Crippen molar-refractivity contribution in [3.8, 4) is 0 Å². The molecule has 0 unspecified atom stereocenters. The summed E-state index contributed by atoms with van der Waals surface area (Å²) in [5, 5.41) is 0. The summed E-state index contributed by atoms with van der Waals surface area (Å²) in [5.41, 5.74) is 2.99. The van der Waals surface area contributed by atoms with E-state index in [0.29, 0.717) is 18.9 Å². The SMILES string of the molecule is CCOCOC[C@H](CC(C)C)NS(=O)(=O)c1ccc(CCn2c(C)nc3cnccc32)cc1. The third-order valence-electron chi connectivity index (χ3n) is 5.37. The lowest BCUT2D eigenvalue weighted by atomic mass is 10.1. The van der Waals surface area contributed by atoms with Gasteiger partial charge in [0.2, 0.25) is 10.0 Å². The number of hydrogen-bond acceptors (Lipinski definition) is 6. The largest absolute Gasteiger partial charge is 0.356 e. The number of hydrogen-bond donors (Lipinski definition) is 1. The Hall–Kier alpha value is -2.33. The molecule has 1 aromatic carbocycles. The van der Waals surface area contributed by atoms with Crippen molar-refractivity contribution >= 4 is 21.1 Å². The first-order valence-electron chi connectivity index (χ1n) is 11.3. The van der Waals surface area contributed by atoms with Crippen LogP contribution in [0.4, 0.5) is 0 Å². The summed E-state index contributed by atoms with van der Waals surface area (Å²) in [6.45, 7) is 9.71. The second-order valence-electron chi connectivity index (χ2n) is 8.50. The summed E-state index contributed by atoms with van der Waals surface area (Å²) in [6, 6.07) is 8.70. The number of nitrogens with zero attached hydrogens (tertiary/aromatic N) is 3. The summed E-state index contributed by atoms with van der Waals surface area (Å²) in [6.07, 6.45) is 4.97. The van der Waals surface area contributed by atoms with Crippen LogP contribution >= 0.6 is 0 Å². The van der Waals surface area contributed by atoms with E-state index in [2.05, 4.69) is 33.1 Å². The predicted molar refractivity (Wildman–Crippen MR) is 128 cm³/mol. The normalized spacial score (nSPS) is 13.1. The van der Waals surface area contributed by atoms with E-state index in [1.807, 2.05) is 32.0 Å². The summed E-state index contributed by atoms with van der Waals surface area (Å²) < 4.78 is 41.5. The van der Waals surface area contributed by atoms with E-state index < -0.39 is 10.0 Å². The van der Waals surface area contributed by atoms with E-state index >= 15 is 0 Å². The monoisotopic (exact) mass is 474 g/mol. The van der Waals surface area contributed by atoms with E-state index in [0.717, 1.165) is 35.4 Å². The number of fused-ring (bicyclic) bond motifs is 1. The number of pyridine rings is 1. The number of rotatable bonds is 13. The third kappa shape index (κ3) is 7.07. The van der Waals surface area contributed by atoms with E-state index in [9.17, 15) is 8.42 Å². The molecule has 1 N–H and O–H groups in total. The van der Waals surface area contributed by atoms with E-state index in [4.69, 9.17) is 9.47 Å².